The van der Waals surface area contributed by atoms with Crippen molar-refractivity contribution in [3.63, 3.8) is 0 Å². The molecule has 0 aromatic heterocycles. The second-order valence-electron chi connectivity index (χ2n) is 4.18. The summed E-state index contributed by atoms with van der Waals surface area (Å²) in [5.74, 6) is -1.23. The predicted molar refractivity (Wildman–Crippen MR) is 69.8 cm³/mol. The van der Waals surface area contributed by atoms with E-state index in [1.54, 1.807) is 6.92 Å². The van der Waals surface area contributed by atoms with Crippen LogP contribution in [0.2, 0.25) is 0 Å². The van der Waals surface area contributed by atoms with Gasteiger partial charge < -0.3 is 10.1 Å². The Morgan fingerprint density at radius 1 is 1.50 bits per heavy atom. The minimum absolute atomic E-state index is 0. The Morgan fingerprint density at radius 3 is 2.78 bits per heavy atom. The molecule has 1 saturated heterocycles. The Balaban J connectivity index is 0.00000162. The number of ether oxygens (including phenoxy) is 1. The number of nitrogens with one attached hydrogen (secondary N) is 1. The van der Waals surface area contributed by atoms with Gasteiger partial charge in [0.25, 0.3) is 0 Å². The number of hydrogen-bond acceptors (Lipinski definition) is 3. The monoisotopic (exact) mass is 273 g/mol. The highest BCUT2D eigenvalue weighted by molar-refractivity contribution is 5.85. The lowest BCUT2D eigenvalue weighted by Crippen LogP contribution is -2.42. The van der Waals surface area contributed by atoms with Crippen LogP contribution in [-0.4, -0.2) is 31.3 Å². The largest absolute Gasteiger partial charge is 0.464 e. The molecule has 0 amide bonds. The van der Waals surface area contributed by atoms with Crippen molar-refractivity contribution in [1.29, 1.82) is 0 Å². The molecule has 0 saturated carbocycles. The molecule has 0 bridgehead atoms. The van der Waals surface area contributed by atoms with Crippen molar-refractivity contribution in [3.05, 3.63) is 35.9 Å². The van der Waals surface area contributed by atoms with Crippen molar-refractivity contribution >= 4 is 18.4 Å². The molecule has 18 heavy (non-hydrogen) atoms. The predicted octanol–water partition coefficient (Wildman–Crippen LogP) is 2.07. The molecule has 1 heterocycles. The summed E-state index contributed by atoms with van der Waals surface area (Å²) in [5.41, 5.74) is -1.12. The van der Waals surface area contributed by atoms with Crippen molar-refractivity contribution in [3.8, 4) is 0 Å². The van der Waals surface area contributed by atoms with Crippen LogP contribution in [0.5, 0.6) is 0 Å². The highest BCUT2D eigenvalue weighted by Gasteiger charge is 2.51. The van der Waals surface area contributed by atoms with Gasteiger partial charge >= 0.3 is 5.97 Å². The minimum atomic E-state index is -1.95. The van der Waals surface area contributed by atoms with Gasteiger partial charge in [0.1, 0.15) is 0 Å². The zero-order valence-corrected chi connectivity index (χ0v) is 11.0. The molecule has 0 unspecified atom stereocenters. The minimum Gasteiger partial charge on any atom is -0.464 e. The van der Waals surface area contributed by atoms with E-state index in [1.807, 2.05) is 30.3 Å². The van der Waals surface area contributed by atoms with E-state index in [-0.39, 0.29) is 25.6 Å². The molecule has 1 aromatic carbocycles. The molecule has 2 rings (SSSR count). The van der Waals surface area contributed by atoms with Crippen LogP contribution in [0, 0.1) is 0 Å². The summed E-state index contributed by atoms with van der Waals surface area (Å²) < 4.78 is 19.5. The highest BCUT2D eigenvalue weighted by atomic mass is 35.5. The molecule has 2 atom stereocenters. The molecule has 1 aromatic rings. The first-order valence-corrected chi connectivity index (χ1v) is 5.80. The maximum atomic E-state index is 14.7. The van der Waals surface area contributed by atoms with E-state index in [2.05, 4.69) is 5.32 Å². The molecule has 1 aliphatic rings. The van der Waals surface area contributed by atoms with Gasteiger partial charge in [-0.3, -0.25) is 0 Å². The molecule has 1 aliphatic heterocycles. The zero-order chi connectivity index (χ0) is 12.3. The van der Waals surface area contributed by atoms with Crippen LogP contribution in [0.3, 0.4) is 0 Å². The summed E-state index contributed by atoms with van der Waals surface area (Å²) in [5, 5.41) is 2.92. The maximum absolute atomic E-state index is 14.7. The SMILES string of the molecule is CCOC(=O)[C@@]1(F)CNC[C@H]1c1ccccc1.Cl. The van der Waals surface area contributed by atoms with Crippen molar-refractivity contribution in [1.82, 2.24) is 5.32 Å². The zero-order valence-electron chi connectivity index (χ0n) is 10.2. The van der Waals surface area contributed by atoms with E-state index in [0.717, 1.165) is 5.56 Å². The van der Waals surface area contributed by atoms with Gasteiger partial charge in [-0.15, -0.1) is 12.4 Å². The second-order valence-corrected chi connectivity index (χ2v) is 4.18. The third-order valence-electron chi connectivity index (χ3n) is 3.10. The summed E-state index contributed by atoms with van der Waals surface area (Å²) in [6.45, 7) is 2.36. The van der Waals surface area contributed by atoms with Crippen LogP contribution in [0.4, 0.5) is 4.39 Å². The molecule has 1 N–H and O–H groups in total. The van der Waals surface area contributed by atoms with Crippen molar-refractivity contribution in [2.45, 2.75) is 18.5 Å². The van der Waals surface area contributed by atoms with E-state index in [4.69, 9.17) is 4.74 Å². The summed E-state index contributed by atoms with van der Waals surface area (Å²) in [4.78, 5) is 11.7. The number of carbonyl (C=O) groups excluding carboxylic acids is 1. The average Bonchev–Trinajstić information content (AvgIpc) is 2.74. The van der Waals surface area contributed by atoms with Gasteiger partial charge in [0.2, 0.25) is 5.67 Å². The number of esters is 1. The summed E-state index contributed by atoms with van der Waals surface area (Å²) in [6, 6.07) is 9.24. The van der Waals surface area contributed by atoms with E-state index >= 15 is 0 Å². The summed E-state index contributed by atoms with van der Waals surface area (Å²) >= 11 is 0. The van der Waals surface area contributed by atoms with Crippen molar-refractivity contribution in [2.75, 3.05) is 19.7 Å². The Kier molecular flexibility index (Phi) is 5.11. The second kappa shape index (κ2) is 6.16. The number of alkyl halides is 1. The van der Waals surface area contributed by atoms with Gasteiger partial charge in [0.15, 0.2) is 0 Å². The Hall–Kier alpha value is -1.13. The van der Waals surface area contributed by atoms with Crippen LogP contribution in [-0.2, 0) is 9.53 Å². The lowest BCUT2D eigenvalue weighted by atomic mass is 9.86. The molecular weight excluding hydrogens is 257 g/mol. The standard InChI is InChI=1S/C13H16FNO2.ClH/c1-2-17-12(16)13(14)9-15-8-11(13)10-6-4-3-5-7-10;/h3-7,11,15H,2,8-9H2,1H3;1H/t11-,13+;/m0./s1. The fraction of sp³-hybridized carbons (Fsp3) is 0.462. The number of halogens is 2. The Morgan fingerprint density at radius 2 is 2.17 bits per heavy atom. The smallest absolute Gasteiger partial charge is 0.345 e. The van der Waals surface area contributed by atoms with Crippen molar-refractivity contribution in [2.24, 2.45) is 0 Å². The molecule has 0 spiro atoms. The molecular formula is C13H17ClFNO2. The lowest BCUT2D eigenvalue weighted by Gasteiger charge is -2.24. The summed E-state index contributed by atoms with van der Waals surface area (Å²) in [7, 11) is 0. The molecule has 0 aliphatic carbocycles. The van der Waals surface area contributed by atoms with E-state index in [0.29, 0.717) is 6.54 Å². The van der Waals surface area contributed by atoms with Crippen LogP contribution in [0.1, 0.15) is 18.4 Å². The molecule has 0 radical (unpaired) electrons. The summed E-state index contributed by atoms with van der Waals surface area (Å²) in [6.07, 6.45) is 0. The van der Waals surface area contributed by atoms with Gasteiger partial charge in [-0.25, -0.2) is 9.18 Å². The Labute approximate surface area is 112 Å². The third kappa shape index (κ3) is 2.65. The van der Waals surface area contributed by atoms with Crippen LogP contribution < -0.4 is 5.32 Å². The Bertz CT molecular complexity index is 401. The van der Waals surface area contributed by atoms with Gasteiger partial charge in [0.05, 0.1) is 6.61 Å². The van der Waals surface area contributed by atoms with Crippen LogP contribution in [0.15, 0.2) is 30.3 Å². The number of rotatable bonds is 3. The van der Waals surface area contributed by atoms with E-state index in [1.165, 1.54) is 0 Å². The molecule has 100 valence electrons. The lowest BCUT2D eigenvalue weighted by molar-refractivity contribution is -0.157. The number of hydrogen-bond donors (Lipinski definition) is 1. The molecule has 1 fully saturated rings. The first-order valence-electron chi connectivity index (χ1n) is 5.80. The average molecular weight is 274 g/mol. The molecule has 5 heteroatoms. The molecule has 3 nitrogen and oxygen atoms in total. The van der Waals surface area contributed by atoms with Gasteiger partial charge in [-0.1, -0.05) is 30.3 Å². The van der Waals surface area contributed by atoms with Gasteiger partial charge in [0, 0.05) is 19.0 Å². The first-order chi connectivity index (χ1) is 8.18. The fourth-order valence-corrected chi connectivity index (χ4v) is 2.22. The topological polar surface area (TPSA) is 38.3 Å². The van der Waals surface area contributed by atoms with E-state index in [9.17, 15) is 9.18 Å². The van der Waals surface area contributed by atoms with Gasteiger partial charge in [-0.2, -0.15) is 0 Å². The quantitative estimate of drug-likeness (QED) is 0.857. The van der Waals surface area contributed by atoms with Crippen molar-refractivity contribution < 1.29 is 13.9 Å². The van der Waals surface area contributed by atoms with Crippen LogP contribution in [0.25, 0.3) is 0 Å². The number of carbonyl (C=O) groups is 1. The van der Waals surface area contributed by atoms with Crippen LogP contribution >= 0.6 is 12.4 Å². The highest BCUT2D eigenvalue weighted by Crippen LogP contribution is 2.36. The number of benzene rings is 1. The fourth-order valence-electron chi connectivity index (χ4n) is 2.22. The first kappa shape index (κ1) is 14.9. The normalized spacial score (nSPS) is 26.4. The van der Waals surface area contributed by atoms with Gasteiger partial charge in [-0.05, 0) is 12.5 Å². The third-order valence-corrected chi connectivity index (χ3v) is 3.10. The maximum Gasteiger partial charge on any atom is 0.345 e. The van der Waals surface area contributed by atoms with E-state index < -0.39 is 17.6 Å².